The summed E-state index contributed by atoms with van der Waals surface area (Å²) < 4.78 is 2.14. The molecule has 122 valence electrons. The van der Waals surface area contributed by atoms with Crippen molar-refractivity contribution in [1.82, 2.24) is 20.1 Å². The van der Waals surface area contributed by atoms with Gasteiger partial charge in [-0.25, -0.2) is 0 Å². The van der Waals surface area contributed by atoms with Gasteiger partial charge < -0.3 is 9.88 Å². The van der Waals surface area contributed by atoms with Crippen LogP contribution in [0.4, 0.5) is 0 Å². The van der Waals surface area contributed by atoms with Crippen LogP contribution in [-0.4, -0.2) is 26.4 Å². The molecule has 1 fully saturated rings. The molecule has 5 nitrogen and oxygen atoms in total. The molecule has 6 heteroatoms. The molecule has 1 amide bonds. The number of carbonyl (C=O) groups is 1. The molecule has 1 saturated carbocycles. The van der Waals surface area contributed by atoms with Crippen LogP contribution in [-0.2, 0) is 4.79 Å². The minimum absolute atomic E-state index is 0.0207. The number of aromatic nitrogens is 3. The molecular formula is C17H22N4OS. The zero-order chi connectivity index (χ0) is 16.1. The first-order valence-corrected chi connectivity index (χ1v) is 9.09. The van der Waals surface area contributed by atoms with Gasteiger partial charge in [0, 0.05) is 10.9 Å². The lowest BCUT2D eigenvalue weighted by Crippen LogP contribution is -2.30. The first-order chi connectivity index (χ1) is 11.2. The van der Waals surface area contributed by atoms with Gasteiger partial charge in [0.05, 0.1) is 11.8 Å². The molecule has 23 heavy (non-hydrogen) atoms. The summed E-state index contributed by atoms with van der Waals surface area (Å²) in [4.78, 5) is 13.3. The van der Waals surface area contributed by atoms with Crippen LogP contribution >= 0.6 is 11.8 Å². The standard InChI is InChI=1S/C17H22N4OS/c1-13(17-20-18-12-21(17)14-7-5-6-8-14)19-16(22)11-23-15-9-3-2-4-10-15/h2-4,9-10,12-14H,5-8,11H2,1H3,(H,19,22)/t13-/m0/s1. The van der Waals surface area contributed by atoms with E-state index in [2.05, 4.69) is 20.1 Å². The minimum atomic E-state index is -0.123. The molecule has 0 saturated heterocycles. The summed E-state index contributed by atoms with van der Waals surface area (Å²) in [5, 5.41) is 11.3. The number of hydrogen-bond acceptors (Lipinski definition) is 4. The topological polar surface area (TPSA) is 59.8 Å². The van der Waals surface area contributed by atoms with E-state index in [1.807, 2.05) is 37.3 Å². The Hall–Kier alpha value is -1.82. The maximum Gasteiger partial charge on any atom is 0.230 e. The van der Waals surface area contributed by atoms with Crippen LogP contribution in [0.15, 0.2) is 41.6 Å². The average molecular weight is 330 g/mol. The molecule has 1 aliphatic carbocycles. The number of amides is 1. The summed E-state index contributed by atoms with van der Waals surface area (Å²) >= 11 is 1.54. The van der Waals surface area contributed by atoms with Gasteiger partial charge >= 0.3 is 0 Å². The van der Waals surface area contributed by atoms with E-state index in [-0.39, 0.29) is 11.9 Å². The van der Waals surface area contributed by atoms with Gasteiger partial charge in [0.25, 0.3) is 0 Å². The second kappa shape index (κ2) is 7.64. The predicted molar refractivity (Wildman–Crippen MR) is 91.3 cm³/mol. The molecule has 1 aromatic heterocycles. The third-order valence-electron chi connectivity index (χ3n) is 4.20. The molecule has 0 unspecified atom stereocenters. The zero-order valence-electron chi connectivity index (χ0n) is 13.3. The lowest BCUT2D eigenvalue weighted by Gasteiger charge is -2.18. The zero-order valence-corrected chi connectivity index (χ0v) is 14.1. The second-order valence-electron chi connectivity index (χ2n) is 5.93. The first kappa shape index (κ1) is 16.1. The average Bonchev–Trinajstić information content (AvgIpc) is 3.24. The lowest BCUT2D eigenvalue weighted by atomic mass is 10.2. The third-order valence-corrected chi connectivity index (χ3v) is 5.21. The molecule has 1 atom stereocenters. The fourth-order valence-electron chi connectivity index (χ4n) is 3.04. The summed E-state index contributed by atoms with van der Waals surface area (Å²) in [5.41, 5.74) is 0. The Morgan fingerprint density at radius 1 is 1.35 bits per heavy atom. The van der Waals surface area contributed by atoms with Crippen LogP contribution < -0.4 is 5.32 Å². The Balaban J connectivity index is 1.55. The first-order valence-electron chi connectivity index (χ1n) is 8.10. The SMILES string of the molecule is C[C@H](NC(=O)CSc1ccccc1)c1nncn1C1CCCC1. The summed E-state index contributed by atoms with van der Waals surface area (Å²) in [5.74, 6) is 1.29. The second-order valence-corrected chi connectivity index (χ2v) is 6.97. The number of nitrogens with zero attached hydrogens (tertiary/aromatic N) is 3. The molecule has 1 N–H and O–H groups in total. The number of benzene rings is 1. The van der Waals surface area contributed by atoms with Crippen molar-refractivity contribution in [2.75, 3.05) is 5.75 Å². The Morgan fingerprint density at radius 3 is 2.83 bits per heavy atom. The summed E-state index contributed by atoms with van der Waals surface area (Å²) in [6.45, 7) is 1.97. The van der Waals surface area contributed by atoms with Crippen molar-refractivity contribution in [3.8, 4) is 0 Å². The van der Waals surface area contributed by atoms with Crippen LogP contribution in [0.25, 0.3) is 0 Å². The van der Waals surface area contributed by atoms with Gasteiger partial charge in [-0.3, -0.25) is 4.79 Å². The van der Waals surface area contributed by atoms with Gasteiger partial charge in [0.1, 0.15) is 6.33 Å². The largest absolute Gasteiger partial charge is 0.346 e. The number of hydrogen-bond donors (Lipinski definition) is 1. The highest BCUT2D eigenvalue weighted by molar-refractivity contribution is 8.00. The van der Waals surface area contributed by atoms with Crippen molar-refractivity contribution in [3.05, 3.63) is 42.5 Å². The van der Waals surface area contributed by atoms with Crippen LogP contribution in [0.5, 0.6) is 0 Å². The number of rotatable bonds is 6. The number of thioether (sulfide) groups is 1. The van der Waals surface area contributed by atoms with Crippen LogP contribution in [0.2, 0.25) is 0 Å². The van der Waals surface area contributed by atoms with E-state index < -0.39 is 0 Å². The van der Waals surface area contributed by atoms with Crippen molar-refractivity contribution in [2.45, 2.75) is 49.6 Å². The van der Waals surface area contributed by atoms with E-state index in [0.717, 1.165) is 10.7 Å². The molecule has 2 aromatic rings. The van der Waals surface area contributed by atoms with Gasteiger partial charge in [0.15, 0.2) is 5.82 Å². The summed E-state index contributed by atoms with van der Waals surface area (Å²) in [6.07, 6.45) is 6.67. The van der Waals surface area contributed by atoms with Gasteiger partial charge in [-0.15, -0.1) is 22.0 Å². The molecule has 3 rings (SSSR count). The van der Waals surface area contributed by atoms with Crippen molar-refractivity contribution in [3.63, 3.8) is 0 Å². The van der Waals surface area contributed by atoms with Gasteiger partial charge in [0.2, 0.25) is 5.91 Å². The molecule has 1 aliphatic rings. The minimum Gasteiger partial charge on any atom is -0.346 e. The number of carbonyl (C=O) groups excluding carboxylic acids is 1. The Morgan fingerprint density at radius 2 is 2.09 bits per heavy atom. The van der Waals surface area contributed by atoms with Crippen LogP contribution in [0.3, 0.4) is 0 Å². The smallest absolute Gasteiger partial charge is 0.230 e. The Kier molecular flexibility index (Phi) is 5.33. The highest BCUT2D eigenvalue weighted by Crippen LogP contribution is 2.31. The van der Waals surface area contributed by atoms with Gasteiger partial charge in [-0.2, -0.15) is 0 Å². The molecule has 0 bridgehead atoms. The quantitative estimate of drug-likeness (QED) is 0.825. The summed E-state index contributed by atoms with van der Waals surface area (Å²) in [6, 6.07) is 10.3. The van der Waals surface area contributed by atoms with E-state index in [9.17, 15) is 4.79 Å². The summed E-state index contributed by atoms with van der Waals surface area (Å²) in [7, 11) is 0. The van der Waals surface area contributed by atoms with Crippen LogP contribution in [0, 0.1) is 0 Å². The molecule has 1 heterocycles. The van der Waals surface area contributed by atoms with Crippen molar-refractivity contribution in [2.24, 2.45) is 0 Å². The lowest BCUT2D eigenvalue weighted by molar-refractivity contribution is -0.119. The van der Waals surface area contributed by atoms with Crippen LogP contribution in [0.1, 0.15) is 50.5 Å². The fraction of sp³-hybridized carbons (Fsp3) is 0.471. The van der Waals surface area contributed by atoms with Crippen molar-refractivity contribution in [1.29, 1.82) is 0 Å². The Labute approximate surface area is 140 Å². The highest BCUT2D eigenvalue weighted by Gasteiger charge is 2.23. The van der Waals surface area contributed by atoms with E-state index >= 15 is 0 Å². The predicted octanol–water partition coefficient (Wildman–Crippen LogP) is 3.36. The molecule has 1 aromatic carbocycles. The molecular weight excluding hydrogens is 308 g/mol. The number of nitrogens with one attached hydrogen (secondary N) is 1. The fourth-order valence-corrected chi connectivity index (χ4v) is 3.77. The van der Waals surface area contributed by atoms with Crippen molar-refractivity contribution < 1.29 is 4.79 Å². The maximum absolute atomic E-state index is 12.2. The van der Waals surface area contributed by atoms with E-state index in [1.165, 1.54) is 25.7 Å². The highest BCUT2D eigenvalue weighted by atomic mass is 32.2. The molecule has 0 spiro atoms. The van der Waals surface area contributed by atoms with E-state index in [0.29, 0.717) is 11.8 Å². The van der Waals surface area contributed by atoms with Gasteiger partial charge in [-0.1, -0.05) is 31.0 Å². The third kappa shape index (κ3) is 4.13. The molecule has 0 aliphatic heterocycles. The Bertz CT molecular complexity index is 637. The monoisotopic (exact) mass is 330 g/mol. The molecule has 0 radical (unpaired) electrons. The normalized spacial score (nSPS) is 16.4. The van der Waals surface area contributed by atoms with Gasteiger partial charge in [-0.05, 0) is 31.9 Å². The maximum atomic E-state index is 12.2. The van der Waals surface area contributed by atoms with E-state index in [4.69, 9.17) is 0 Å². The van der Waals surface area contributed by atoms with E-state index in [1.54, 1.807) is 18.1 Å². The van der Waals surface area contributed by atoms with Crippen molar-refractivity contribution >= 4 is 17.7 Å².